The van der Waals surface area contributed by atoms with Gasteiger partial charge in [-0.05, 0) is 18.2 Å². The number of imidazole rings is 1. The van der Waals surface area contributed by atoms with Gasteiger partial charge in [0.2, 0.25) is 0 Å². The fraction of sp³-hybridized carbons (Fsp3) is 0.238. The van der Waals surface area contributed by atoms with Gasteiger partial charge in [-0.25, -0.2) is 14.4 Å². The molecular formula is C21H20FN5O. The maximum Gasteiger partial charge on any atom is 0.180 e. The number of fused-ring (bicyclic) bond motifs is 1. The van der Waals surface area contributed by atoms with Crippen molar-refractivity contribution in [3.8, 4) is 11.3 Å². The molecule has 0 aliphatic carbocycles. The molecule has 1 aliphatic rings. The summed E-state index contributed by atoms with van der Waals surface area (Å²) in [6, 6.07) is 8.58. The number of aromatic nitrogens is 3. The van der Waals surface area contributed by atoms with Crippen molar-refractivity contribution in [1.82, 2.24) is 19.3 Å². The molecule has 0 amide bonds. The molecule has 3 aromatic heterocycles. The molecule has 4 aromatic rings. The summed E-state index contributed by atoms with van der Waals surface area (Å²) in [5.74, 6) is 0.614. The zero-order valence-corrected chi connectivity index (χ0v) is 15.3. The first-order chi connectivity index (χ1) is 13.8. The minimum absolute atomic E-state index is 0.254. The van der Waals surface area contributed by atoms with Gasteiger partial charge in [-0.3, -0.25) is 9.30 Å². The number of nitrogens with zero attached hydrogens (tertiary/aromatic N) is 5. The lowest BCUT2D eigenvalue weighted by molar-refractivity contribution is 0.249. The summed E-state index contributed by atoms with van der Waals surface area (Å²) >= 11 is 0. The highest BCUT2D eigenvalue weighted by molar-refractivity contribution is 5.71. The fourth-order valence-electron chi connectivity index (χ4n) is 3.75. The highest BCUT2D eigenvalue weighted by Gasteiger charge is 2.21. The molecular weight excluding hydrogens is 357 g/mol. The Labute approximate surface area is 161 Å². The highest BCUT2D eigenvalue weighted by Crippen LogP contribution is 2.26. The molecule has 0 saturated carbocycles. The lowest BCUT2D eigenvalue weighted by Crippen LogP contribution is -2.46. The van der Waals surface area contributed by atoms with Crippen molar-refractivity contribution in [3.63, 3.8) is 0 Å². The smallest absolute Gasteiger partial charge is 0.180 e. The van der Waals surface area contributed by atoms with Gasteiger partial charge in [0.15, 0.2) is 11.5 Å². The SMILES string of the molecule is Fc1cccc(-c2cnc3c(N4CCN(Cc5ccoc5)CC4)nccn23)c1. The van der Waals surface area contributed by atoms with Crippen LogP contribution in [0.4, 0.5) is 10.2 Å². The van der Waals surface area contributed by atoms with Crippen molar-refractivity contribution in [2.45, 2.75) is 6.54 Å². The van der Waals surface area contributed by atoms with E-state index >= 15 is 0 Å². The number of halogens is 1. The van der Waals surface area contributed by atoms with E-state index in [1.807, 2.05) is 22.7 Å². The summed E-state index contributed by atoms with van der Waals surface area (Å²) in [5.41, 5.74) is 3.65. The first-order valence-electron chi connectivity index (χ1n) is 9.34. The van der Waals surface area contributed by atoms with Crippen molar-refractivity contribution < 1.29 is 8.81 Å². The third-order valence-corrected chi connectivity index (χ3v) is 5.19. The molecule has 1 aliphatic heterocycles. The summed E-state index contributed by atoms with van der Waals surface area (Å²) in [4.78, 5) is 13.9. The van der Waals surface area contributed by atoms with Crippen LogP contribution in [0.15, 0.2) is 65.9 Å². The second kappa shape index (κ2) is 7.09. The first-order valence-corrected chi connectivity index (χ1v) is 9.34. The van der Waals surface area contributed by atoms with Crippen LogP contribution in [-0.4, -0.2) is 45.4 Å². The quantitative estimate of drug-likeness (QED) is 0.545. The number of benzene rings is 1. The molecule has 0 atom stereocenters. The van der Waals surface area contributed by atoms with Crippen LogP contribution >= 0.6 is 0 Å². The monoisotopic (exact) mass is 377 g/mol. The second-order valence-corrected chi connectivity index (χ2v) is 6.99. The fourth-order valence-corrected chi connectivity index (χ4v) is 3.75. The maximum absolute atomic E-state index is 13.6. The summed E-state index contributed by atoms with van der Waals surface area (Å²) in [5, 5.41) is 0. The molecule has 1 saturated heterocycles. The summed E-state index contributed by atoms with van der Waals surface area (Å²) in [7, 11) is 0. The Morgan fingerprint density at radius 3 is 2.75 bits per heavy atom. The number of anilines is 1. The van der Waals surface area contributed by atoms with Crippen LogP contribution in [0.5, 0.6) is 0 Å². The molecule has 1 aromatic carbocycles. The highest BCUT2D eigenvalue weighted by atomic mass is 19.1. The minimum Gasteiger partial charge on any atom is -0.472 e. The molecule has 6 nitrogen and oxygen atoms in total. The Morgan fingerprint density at radius 2 is 1.96 bits per heavy atom. The van der Waals surface area contributed by atoms with Crippen LogP contribution in [0.25, 0.3) is 16.9 Å². The molecule has 0 radical (unpaired) electrons. The van der Waals surface area contributed by atoms with Crippen LogP contribution in [0.3, 0.4) is 0 Å². The number of hydrogen-bond donors (Lipinski definition) is 0. The van der Waals surface area contributed by atoms with Gasteiger partial charge in [0.05, 0.1) is 24.4 Å². The Kier molecular flexibility index (Phi) is 4.29. The van der Waals surface area contributed by atoms with Gasteiger partial charge < -0.3 is 9.32 Å². The van der Waals surface area contributed by atoms with E-state index in [1.54, 1.807) is 31.0 Å². The van der Waals surface area contributed by atoms with Crippen molar-refractivity contribution in [2.24, 2.45) is 0 Å². The van der Waals surface area contributed by atoms with Crippen LogP contribution in [0, 0.1) is 5.82 Å². The van der Waals surface area contributed by atoms with E-state index in [0.29, 0.717) is 0 Å². The van der Waals surface area contributed by atoms with Crippen molar-refractivity contribution in [3.05, 3.63) is 72.8 Å². The van der Waals surface area contributed by atoms with E-state index in [0.717, 1.165) is 55.4 Å². The zero-order chi connectivity index (χ0) is 18.9. The molecule has 4 heterocycles. The van der Waals surface area contributed by atoms with Gasteiger partial charge in [0.25, 0.3) is 0 Å². The van der Waals surface area contributed by atoms with E-state index < -0.39 is 0 Å². The predicted molar refractivity (Wildman–Crippen MR) is 105 cm³/mol. The Balaban J connectivity index is 1.38. The maximum atomic E-state index is 13.6. The molecule has 7 heteroatoms. The average molecular weight is 377 g/mol. The Bertz CT molecular complexity index is 1080. The molecule has 0 bridgehead atoms. The van der Waals surface area contributed by atoms with Crippen molar-refractivity contribution in [1.29, 1.82) is 0 Å². The lowest BCUT2D eigenvalue weighted by atomic mass is 10.1. The third kappa shape index (κ3) is 3.14. The van der Waals surface area contributed by atoms with Gasteiger partial charge >= 0.3 is 0 Å². The van der Waals surface area contributed by atoms with Crippen molar-refractivity contribution in [2.75, 3.05) is 31.1 Å². The predicted octanol–water partition coefficient (Wildman–Crippen LogP) is 3.45. The largest absolute Gasteiger partial charge is 0.472 e. The van der Waals surface area contributed by atoms with Gasteiger partial charge in [0.1, 0.15) is 5.82 Å². The van der Waals surface area contributed by atoms with Crippen molar-refractivity contribution >= 4 is 11.5 Å². The molecule has 0 N–H and O–H groups in total. The third-order valence-electron chi connectivity index (χ3n) is 5.19. The summed E-state index contributed by atoms with van der Waals surface area (Å²) in [6.45, 7) is 4.56. The zero-order valence-electron chi connectivity index (χ0n) is 15.3. The van der Waals surface area contributed by atoms with E-state index in [9.17, 15) is 4.39 Å². The first kappa shape index (κ1) is 16.9. The average Bonchev–Trinajstić information content (AvgIpc) is 3.38. The summed E-state index contributed by atoms with van der Waals surface area (Å²) in [6.07, 6.45) is 8.95. The van der Waals surface area contributed by atoms with Crippen LogP contribution < -0.4 is 4.90 Å². The molecule has 0 spiro atoms. The van der Waals surface area contributed by atoms with Gasteiger partial charge in [0, 0.05) is 56.2 Å². The normalized spacial score (nSPS) is 15.4. The molecule has 0 unspecified atom stereocenters. The van der Waals surface area contributed by atoms with E-state index in [2.05, 4.69) is 19.8 Å². The molecule has 1 fully saturated rings. The van der Waals surface area contributed by atoms with Crippen LogP contribution in [-0.2, 0) is 6.54 Å². The molecule has 28 heavy (non-hydrogen) atoms. The standard InChI is InChI=1S/C21H20FN5O/c22-18-3-1-2-17(12-18)19-13-24-21-20(23-5-6-27(19)21)26-9-7-25(8-10-26)14-16-4-11-28-15-16/h1-6,11-13,15H,7-10,14H2. The van der Waals surface area contributed by atoms with E-state index in [-0.39, 0.29) is 5.82 Å². The summed E-state index contributed by atoms with van der Waals surface area (Å²) < 4.78 is 20.8. The Morgan fingerprint density at radius 1 is 1.07 bits per heavy atom. The van der Waals surface area contributed by atoms with Gasteiger partial charge in [-0.15, -0.1) is 0 Å². The lowest BCUT2D eigenvalue weighted by Gasteiger charge is -2.35. The van der Waals surface area contributed by atoms with E-state index in [4.69, 9.17) is 4.42 Å². The topological polar surface area (TPSA) is 49.8 Å². The minimum atomic E-state index is -0.254. The number of piperazine rings is 1. The molecule has 142 valence electrons. The Hall–Kier alpha value is -3.19. The number of hydrogen-bond acceptors (Lipinski definition) is 5. The van der Waals surface area contributed by atoms with Gasteiger partial charge in [-0.2, -0.15) is 0 Å². The van der Waals surface area contributed by atoms with Crippen LogP contribution in [0.2, 0.25) is 0 Å². The second-order valence-electron chi connectivity index (χ2n) is 6.99. The number of furan rings is 1. The number of rotatable bonds is 4. The van der Waals surface area contributed by atoms with E-state index in [1.165, 1.54) is 17.7 Å². The van der Waals surface area contributed by atoms with Crippen LogP contribution in [0.1, 0.15) is 5.56 Å². The molecule has 5 rings (SSSR count). The van der Waals surface area contributed by atoms with Gasteiger partial charge in [-0.1, -0.05) is 12.1 Å².